The normalized spacial score (nSPS) is 13.7. The van der Waals surface area contributed by atoms with Crippen molar-refractivity contribution >= 4 is 22.9 Å². The van der Waals surface area contributed by atoms with Crippen LogP contribution >= 0.6 is 0 Å². The lowest BCUT2D eigenvalue weighted by Crippen LogP contribution is -2.46. The summed E-state index contributed by atoms with van der Waals surface area (Å²) in [6.07, 6.45) is 4.62. The average molecular weight is 583 g/mol. The molecule has 0 saturated carbocycles. The first-order valence-electron chi connectivity index (χ1n) is 14.0. The van der Waals surface area contributed by atoms with Crippen LogP contribution in [0.2, 0.25) is 0 Å². The Morgan fingerprint density at radius 1 is 0.886 bits per heavy atom. The minimum Gasteiger partial charge on any atom is -0.383 e. The van der Waals surface area contributed by atoms with Crippen LogP contribution in [0.3, 0.4) is 0 Å². The number of aromatic amines is 1. The Balaban J connectivity index is 1.18. The van der Waals surface area contributed by atoms with E-state index in [9.17, 15) is 4.79 Å². The topological polar surface area (TPSA) is 171 Å². The molecule has 0 atom stereocenters. The number of fused-ring (bicyclic) bond motifs is 1. The molecule has 6 aromatic rings. The van der Waals surface area contributed by atoms with Gasteiger partial charge in [-0.3, -0.25) is 14.3 Å². The fourth-order valence-electron chi connectivity index (χ4n) is 5.37. The van der Waals surface area contributed by atoms with Gasteiger partial charge in [0.05, 0.1) is 16.8 Å². The number of hydrogen-bond acceptors (Lipinski definition) is 11. The Kier molecular flexibility index (Phi) is 6.93. The monoisotopic (exact) mass is 582 g/mol. The molecule has 1 aliphatic rings. The average Bonchev–Trinajstić information content (AvgIpc) is 3.44. The Morgan fingerprint density at radius 2 is 1.70 bits per heavy atom. The summed E-state index contributed by atoms with van der Waals surface area (Å²) in [6.45, 7) is 3.94. The van der Waals surface area contributed by atoms with Crippen LogP contribution in [0, 0.1) is 11.3 Å². The van der Waals surface area contributed by atoms with Crippen molar-refractivity contribution in [2.24, 2.45) is 0 Å². The molecule has 7 rings (SSSR count). The van der Waals surface area contributed by atoms with Gasteiger partial charge in [0.1, 0.15) is 23.7 Å². The third kappa shape index (κ3) is 5.10. The Labute approximate surface area is 251 Å². The summed E-state index contributed by atoms with van der Waals surface area (Å²) in [6, 6.07) is 21.1. The van der Waals surface area contributed by atoms with Gasteiger partial charge in [0.15, 0.2) is 11.5 Å². The minimum absolute atomic E-state index is 0.123. The quantitative estimate of drug-likeness (QED) is 0.296. The van der Waals surface area contributed by atoms with Gasteiger partial charge in [-0.05, 0) is 54.1 Å². The summed E-state index contributed by atoms with van der Waals surface area (Å²) in [5.74, 6) is 1.63. The number of piperazine rings is 1. The first kappa shape index (κ1) is 26.9. The molecule has 1 saturated heterocycles. The van der Waals surface area contributed by atoms with Crippen LogP contribution in [-0.4, -0.2) is 70.5 Å². The van der Waals surface area contributed by atoms with Crippen molar-refractivity contribution in [1.29, 1.82) is 5.26 Å². The lowest BCUT2D eigenvalue weighted by molar-refractivity contribution is 0.248. The number of imidazole rings is 1. The summed E-state index contributed by atoms with van der Waals surface area (Å²) in [5, 5.41) is 9.09. The molecule has 0 bridgehead atoms. The molecule has 1 aliphatic heterocycles. The zero-order valence-corrected chi connectivity index (χ0v) is 23.5. The van der Waals surface area contributed by atoms with Crippen LogP contribution in [0.15, 0.2) is 84.2 Å². The summed E-state index contributed by atoms with van der Waals surface area (Å²) in [5.41, 5.74) is 11.1. The molecule has 0 spiro atoms. The number of H-pyrrole nitrogens is 1. The maximum absolute atomic E-state index is 12.5. The number of nitriles is 1. The zero-order valence-electron chi connectivity index (χ0n) is 23.5. The number of nitrogen functional groups attached to an aromatic ring is 1. The summed E-state index contributed by atoms with van der Waals surface area (Å²) in [4.78, 5) is 46.1. The Bertz CT molecular complexity index is 2070. The van der Waals surface area contributed by atoms with Crippen molar-refractivity contribution < 1.29 is 0 Å². The first-order chi connectivity index (χ1) is 21.6. The second-order valence-electron chi connectivity index (χ2n) is 10.3. The van der Waals surface area contributed by atoms with Crippen molar-refractivity contribution in [1.82, 2.24) is 44.4 Å². The maximum atomic E-state index is 12.5. The molecule has 1 fully saturated rings. The van der Waals surface area contributed by atoms with Crippen molar-refractivity contribution in [2.75, 3.05) is 36.8 Å². The standard InChI is InChI=1S/C31H26N12O/c32-17-26-36-19-37-31(40-26)42-15-13-41(14-16-42)18-20-5-7-21(8-6-20)43-28(23-4-2-11-34-27(23)33)39-25-10-9-24(38-29(25)43)22-3-1-12-35-30(22)44/h1-12,19H,13-16,18H2,(H2,33,34)(H,35,44). The Hall–Kier alpha value is -6.00. The van der Waals surface area contributed by atoms with Gasteiger partial charge in [-0.25, -0.2) is 24.9 Å². The van der Waals surface area contributed by atoms with E-state index < -0.39 is 0 Å². The molecule has 5 aromatic heterocycles. The number of hydrogen-bond donors (Lipinski definition) is 2. The molecular weight excluding hydrogens is 556 g/mol. The highest BCUT2D eigenvalue weighted by Crippen LogP contribution is 2.31. The van der Waals surface area contributed by atoms with E-state index in [0.717, 1.165) is 44.0 Å². The van der Waals surface area contributed by atoms with Crippen molar-refractivity contribution in [3.8, 4) is 34.4 Å². The summed E-state index contributed by atoms with van der Waals surface area (Å²) in [7, 11) is 0. The van der Waals surface area contributed by atoms with E-state index >= 15 is 0 Å². The number of benzene rings is 1. The smallest absolute Gasteiger partial charge is 0.257 e. The highest BCUT2D eigenvalue weighted by molar-refractivity contribution is 5.84. The molecule has 216 valence electrons. The van der Waals surface area contributed by atoms with Crippen LogP contribution in [-0.2, 0) is 6.54 Å². The molecule has 44 heavy (non-hydrogen) atoms. The molecule has 13 nitrogen and oxygen atoms in total. The first-order valence-corrected chi connectivity index (χ1v) is 14.0. The molecule has 0 radical (unpaired) electrons. The van der Waals surface area contributed by atoms with Gasteiger partial charge >= 0.3 is 0 Å². The summed E-state index contributed by atoms with van der Waals surface area (Å²) < 4.78 is 1.95. The molecule has 0 unspecified atom stereocenters. The van der Waals surface area contributed by atoms with E-state index in [2.05, 4.69) is 46.9 Å². The number of nitrogens with zero attached hydrogens (tertiary/aromatic N) is 10. The van der Waals surface area contributed by atoms with E-state index in [1.54, 1.807) is 30.6 Å². The minimum atomic E-state index is -0.215. The highest BCUT2D eigenvalue weighted by Gasteiger charge is 2.21. The van der Waals surface area contributed by atoms with E-state index in [4.69, 9.17) is 21.0 Å². The number of nitrogens with one attached hydrogen (secondary N) is 1. The van der Waals surface area contributed by atoms with Gasteiger partial charge in [0.2, 0.25) is 11.8 Å². The number of aromatic nitrogens is 8. The molecule has 1 aromatic carbocycles. The van der Waals surface area contributed by atoms with Gasteiger partial charge in [-0.2, -0.15) is 10.2 Å². The lowest BCUT2D eigenvalue weighted by atomic mass is 10.1. The number of anilines is 2. The van der Waals surface area contributed by atoms with Crippen molar-refractivity contribution in [3.05, 3.63) is 101 Å². The lowest BCUT2D eigenvalue weighted by Gasteiger charge is -2.34. The van der Waals surface area contributed by atoms with Crippen LogP contribution in [0.1, 0.15) is 11.4 Å². The van der Waals surface area contributed by atoms with Gasteiger partial charge < -0.3 is 15.6 Å². The van der Waals surface area contributed by atoms with Gasteiger partial charge in [-0.1, -0.05) is 12.1 Å². The second kappa shape index (κ2) is 11.3. The van der Waals surface area contributed by atoms with E-state index in [-0.39, 0.29) is 11.4 Å². The second-order valence-corrected chi connectivity index (χ2v) is 10.3. The fourth-order valence-corrected chi connectivity index (χ4v) is 5.37. The molecule has 6 heterocycles. The predicted octanol–water partition coefficient (Wildman–Crippen LogP) is 2.80. The highest BCUT2D eigenvalue weighted by atomic mass is 16.1. The van der Waals surface area contributed by atoms with E-state index in [1.165, 1.54) is 6.33 Å². The summed E-state index contributed by atoms with van der Waals surface area (Å²) >= 11 is 0. The molecule has 0 aliphatic carbocycles. The van der Waals surface area contributed by atoms with Crippen LogP contribution in [0.25, 0.3) is 39.5 Å². The number of pyridine rings is 3. The number of nitrogens with two attached hydrogens (primary N) is 1. The molecular formula is C31H26N12O. The van der Waals surface area contributed by atoms with E-state index in [0.29, 0.717) is 45.6 Å². The molecule has 0 amide bonds. The largest absolute Gasteiger partial charge is 0.383 e. The Morgan fingerprint density at radius 3 is 2.48 bits per heavy atom. The molecule has 13 heteroatoms. The van der Waals surface area contributed by atoms with Crippen LogP contribution in [0.4, 0.5) is 11.8 Å². The predicted molar refractivity (Wildman–Crippen MR) is 165 cm³/mol. The third-order valence-electron chi connectivity index (χ3n) is 7.59. The van der Waals surface area contributed by atoms with Crippen molar-refractivity contribution in [2.45, 2.75) is 6.54 Å². The van der Waals surface area contributed by atoms with Crippen molar-refractivity contribution in [3.63, 3.8) is 0 Å². The van der Waals surface area contributed by atoms with Crippen LogP contribution < -0.4 is 16.2 Å². The molecule has 3 N–H and O–H groups in total. The SMILES string of the molecule is N#Cc1ncnc(N2CCN(Cc3ccc(-n4c(-c5cccnc5N)nc5ccc(-c6ccc[nH]c6=O)nc54)cc3)CC2)n1. The van der Waals surface area contributed by atoms with Gasteiger partial charge in [0.25, 0.3) is 5.56 Å². The number of rotatable bonds is 6. The maximum Gasteiger partial charge on any atom is 0.257 e. The zero-order chi connectivity index (χ0) is 30.0. The van der Waals surface area contributed by atoms with E-state index in [1.807, 2.05) is 41.0 Å². The fraction of sp³-hybridized carbons (Fsp3) is 0.161. The van der Waals surface area contributed by atoms with Crippen LogP contribution in [0.5, 0.6) is 0 Å². The van der Waals surface area contributed by atoms with Gasteiger partial charge in [0, 0.05) is 50.8 Å². The van der Waals surface area contributed by atoms with Gasteiger partial charge in [-0.15, -0.1) is 0 Å². The third-order valence-corrected chi connectivity index (χ3v) is 7.59.